The average molecular weight is 382 g/mol. The Labute approximate surface area is 162 Å². The Kier molecular flexibility index (Phi) is 5.36. The van der Waals surface area contributed by atoms with Gasteiger partial charge in [-0.05, 0) is 49.6 Å². The van der Waals surface area contributed by atoms with Gasteiger partial charge in [-0.25, -0.2) is 4.98 Å². The van der Waals surface area contributed by atoms with Crippen molar-refractivity contribution >= 4 is 32.6 Å². The van der Waals surface area contributed by atoms with Gasteiger partial charge < -0.3 is 9.47 Å². The van der Waals surface area contributed by atoms with Gasteiger partial charge in [0.15, 0.2) is 11.7 Å². The molecule has 0 unspecified atom stereocenters. The van der Waals surface area contributed by atoms with E-state index in [1.54, 1.807) is 4.90 Å². The quantitative estimate of drug-likeness (QED) is 0.641. The lowest BCUT2D eigenvalue weighted by Gasteiger charge is -2.23. The number of aromatic nitrogens is 1. The van der Waals surface area contributed by atoms with Crippen LogP contribution in [0.5, 0.6) is 5.75 Å². The topological polar surface area (TPSA) is 51.7 Å². The molecule has 2 aromatic carbocycles. The zero-order valence-electron chi connectivity index (χ0n) is 15.3. The van der Waals surface area contributed by atoms with Crippen molar-refractivity contribution in [2.75, 3.05) is 24.7 Å². The van der Waals surface area contributed by atoms with Crippen molar-refractivity contribution in [3.8, 4) is 5.75 Å². The zero-order chi connectivity index (χ0) is 18.6. The lowest BCUT2D eigenvalue weighted by atomic mass is 10.2. The predicted octanol–water partition coefficient (Wildman–Crippen LogP) is 4.20. The fraction of sp³-hybridized carbons (Fsp3) is 0.333. The van der Waals surface area contributed by atoms with Gasteiger partial charge >= 0.3 is 0 Å². The third-order valence-electron chi connectivity index (χ3n) is 4.58. The van der Waals surface area contributed by atoms with Crippen LogP contribution in [0.4, 0.5) is 5.13 Å². The fourth-order valence-electron chi connectivity index (χ4n) is 3.18. The second-order valence-electron chi connectivity index (χ2n) is 6.71. The zero-order valence-corrected chi connectivity index (χ0v) is 16.1. The highest BCUT2D eigenvalue weighted by Gasteiger charge is 2.26. The van der Waals surface area contributed by atoms with Crippen LogP contribution in [0.3, 0.4) is 0 Å². The van der Waals surface area contributed by atoms with E-state index in [2.05, 4.69) is 4.98 Å². The summed E-state index contributed by atoms with van der Waals surface area (Å²) in [7, 11) is 0. The number of benzene rings is 2. The van der Waals surface area contributed by atoms with Crippen LogP contribution >= 0.6 is 11.3 Å². The first kappa shape index (κ1) is 17.9. The number of carbonyl (C=O) groups is 1. The maximum Gasteiger partial charge on any atom is 0.266 e. The molecular weight excluding hydrogens is 360 g/mol. The molecule has 0 spiro atoms. The monoisotopic (exact) mass is 382 g/mol. The van der Waals surface area contributed by atoms with E-state index in [-0.39, 0.29) is 18.6 Å². The predicted molar refractivity (Wildman–Crippen MR) is 108 cm³/mol. The third-order valence-corrected chi connectivity index (χ3v) is 5.64. The Morgan fingerprint density at radius 3 is 2.96 bits per heavy atom. The van der Waals surface area contributed by atoms with Crippen LogP contribution in [-0.4, -0.2) is 36.8 Å². The molecule has 5 nitrogen and oxygen atoms in total. The highest BCUT2D eigenvalue weighted by Crippen LogP contribution is 2.30. The number of hydrogen-bond donors (Lipinski definition) is 0. The van der Waals surface area contributed by atoms with E-state index in [0.717, 1.165) is 35.2 Å². The van der Waals surface area contributed by atoms with Gasteiger partial charge in [0.05, 0.1) is 22.9 Å². The molecule has 1 aromatic heterocycles. The van der Waals surface area contributed by atoms with Gasteiger partial charge in [0, 0.05) is 6.61 Å². The minimum atomic E-state index is -0.105. The molecule has 0 saturated carbocycles. The number of amides is 1. The number of nitrogens with zero attached hydrogens (tertiary/aromatic N) is 2. The van der Waals surface area contributed by atoms with Crippen molar-refractivity contribution in [3.63, 3.8) is 0 Å². The van der Waals surface area contributed by atoms with Gasteiger partial charge in [0.2, 0.25) is 0 Å². The number of carbonyl (C=O) groups excluding carboxylic acids is 1. The molecule has 2 heterocycles. The number of fused-ring (bicyclic) bond motifs is 1. The molecule has 3 aromatic rings. The summed E-state index contributed by atoms with van der Waals surface area (Å²) < 4.78 is 12.6. The van der Waals surface area contributed by atoms with Crippen molar-refractivity contribution in [1.29, 1.82) is 0 Å². The van der Waals surface area contributed by atoms with Crippen molar-refractivity contribution in [1.82, 2.24) is 4.98 Å². The van der Waals surface area contributed by atoms with Gasteiger partial charge in [0.1, 0.15) is 5.75 Å². The molecule has 0 bridgehead atoms. The van der Waals surface area contributed by atoms with Gasteiger partial charge in [-0.15, -0.1) is 0 Å². The summed E-state index contributed by atoms with van der Waals surface area (Å²) in [5, 5.41) is 0.699. The van der Waals surface area contributed by atoms with E-state index in [0.29, 0.717) is 17.4 Å². The van der Waals surface area contributed by atoms with E-state index in [1.165, 1.54) is 11.3 Å². The summed E-state index contributed by atoms with van der Waals surface area (Å²) in [5.74, 6) is 0.593. The maximum atomic E-state index is 13.0. The highest BCUT2D eigenvalue weighted by molar-refractivity contribution is 7.22. The van der Waals surface area contributed by atoms with Crippen LogP contribution in [0.15, 0.2) is 48.5 Å². The summed E-state index contributed by atoms with van der Waals surface area (Å²) in [5.41, 5.74) is 2.00. The Balaban J connectivity index is 1.53. The molecule has 1 aliphatic rings. The van der Waals surface area contributed by atoms with E-state index in [4.69, 9.17) is 9.47 Å². The van der Waals surface area contributed by atoms with Gasteiger partial charge in [-0.1, -0.05) is 35.6 Å². The maximum absolute atomic E-state index is 13.0. The molecule has 0 aliphatic carbocycles. The number of aryl methyl sites for hydroxylation is 1. The minimum absolute atomic E-state index is 0.0217. The Hall–Kier alpha value is -2.44. The normalized spacial score (nSPS) is 16.6. The molecular formula is C21H22N2O3S. The number of anilines is 1. The third kappa shape index (κ3) is 4.28. The summed E-state index contributed by atoms with van der Waals surface area (Å²) in [6, 6.07) is 15.6. The summed E-state index contributed by atoms with van der Waals surface area (Å²) >= 11 is 1.52. The van der Waals surface area contributed by atoms with Crippen LogP contribution in [0.2, 0.25) is 0 Å². The lowest BCUT2D eigenvalue weighted by Crippen LogP contribution is -2.40. The van der Waals surface area contributed by atoms with Crippen LogP contribution < -0.4 is 9.64 Å². The van der Waals surface area contributed by atoms with E-state index in [9.17, 15) is 4.79 Å². The van der Waals surface area contributed by atoms with Gasteiger partial charge in [0.25, 0.3) is 5.91 Å². The summed E-state index contributed by atoms with van der Waals surface area (Å²) in [6.07, 6.45) is 2.06. The molecule has 1 amide bonds. The smallest absolute Gasteiger partial charge is 0.266 e. The molecule has 27 heavy (non-hydrogen) atoms. The molecule has 0 radical (unpaired) electrons. The van der Waals surface area contributed by atoms with Gasteiger partial charge in [-0.2, -0.15) is 0 Å². The second kappa shape index (κ2) is 8.06. The highest BCUT2D eigenvalue weighted by atomic mass is 32.1. The number of hydrogen-bond acceptors (Lipinski definition) is 5. The molecule has 1 fully saturated rings. The van der Waals surface area contributed by atoms with Crippen molar-refractivity contribution in [2.24, 2.45) is 0 Å². The van der Waals surface area contributed by atoms with Crippen molar-refractivity contribution < 1.29 is 14.3 Å². The Morgan fingerprint density at radius 1 is 1.30 bits per heavy atom. The van der Waals surface area contributed by atoms with Crippen molar-refractivity contribution in [2.45, 2.75) is 25.9 Å². The van der Waals surface area contributed by atoms with Crippen LogP contribution in [0.25, 0.3) is 10.2 Å². The van der Waals surface area contributed by atoms with E-state index >= 15 is 0 Å². The number of rotatable bonds is 6. The molecule has 1 atom stereocenters. The van der Waals surface area contributed by atoms with Crippen LogP contribution in [-0.2, 0) is 9.53 Å². The van der Waals surface area contributed by atoms with E-state index < -0.39 is 0 Å². The number of ether oxygens (including phenoxy) is 2. The van der Waals surface area contributed by atoms with Crippen LogP contribution in [0.1, 0.15) is 18.4 Å². The minimum Gasteiger partial charge on any atom is -0.484 e. The number of para-hydroxylation sites is 1. The first-order chi connectivity index (χ1) is 13.2. The average Bonchev–Trinajstić information content (AvgIpc) is 3.33. The molecule has 1 saturated heterocycles. The largest absolute Gasteiger partial charge is 0.484 e. The second-order valence-corrected chi connectivity index (χ2v) is 7.72. The molecule has 6 heteroatoms. The Bertz CT molecular complexity index is 901. The molecule has 4 rings (SSSR count). The summed E-state index contributed by atoms with van der Waals surface area (Å²) in [6.45, 7) is 3.24. The first-order valence-electron chi connectivity index (χ1n) is 9.16. The molecule has 1 aliphatic heterocycles. The van der Waals surface area contributed by atoms with Crippen molar-refractivity contribution in [3.05, 3.63) is 54.1 Å². The lowest BCUT2D eigenvalue weighted by molar-refractivity contribution is -0.120. The van der Waals surface area contributed by atoms with E-state index in [1.807, 2.05) is 55.5 Å². The first-order valence-corrected chi connectivity index (χ1v) is 9.98. The molecule has 140 valence electrons. The van der Waals surface area contributed by atoms with Crippen LogP contribution in [0, 0.1) is 6.92 Å². The SMILES string of the molecule is Cc1cccc(OCC(=O)N(C[C@H]2CCCO2)c2nc3ccccc3s2)c1. The van der Waals surface area contributed by atoms with Gasteiger partial charge in [-0.3, -0.25) is 9.69 Å². The standard InChI is InChI=1S/C21H22N2O3S/c1-15-6-4-7-16(12-15)26-14-20(24)23(13-17-8-5-11-25-17)21-22-18-9-2-3-10-19(18)27-21/h2-4,6-7,9-10,12,17H,5,8,11,13-14H2,1H3/t17-/m1/s1. The Morgan fingerprint density at radius 2 is 2.19 bits per heavy atom. The molecule has 0 N–H and O–H groups in total. The fourth-order valence-corrected chi connectivity index (χ4v) is 4.17. The number of thiazole rings is 1. The summed E-state index contributed by atoms with van der Waals surface area (Å²) in [4.78, 5) is 19.4.